The molecule has 0 saturated heterocycles. The molecule has 3 rings (SSSR count). The van der Waals surface area contributed by atoms with Crippen molar-refractivity contribution in [3.63, 3.8) is 0 Å². The number of rotatable bonds is 4. The number of benzene rings is 2. The lowest BCUT2D eigenvalue weighted by Gasteiger charge is -2.13. The molecule has 0 saturated carbocycles. The molecule has 0 radical (unpaired) electrons. The number of hydrogen-bond donors (Lipinski definition) is 1. The number of fused-ring (bicyclic) bond motifs is 1. The molecule has 0 aliphatic rings. The molecule has 4 nitrogen and oxygen atoms in total. The normalized spacial score (nSPS) is 11.4. The number of nitrogen functional groups attached to an aromatic ring is 1. The third-order valence-electron chi connectivity index (χ3n) is 3.59. The zero-order chi connectivity index (χ0) is 14.8. The van der Waals surface area contributed by atoms with Crippen LogP contribution in [-0.2, 0) is 6.54 Å². The Kier molecular flexibility index (Phi) is 3.62. The summed E-state index contributed by atoms with van der Waals surface area (Å²) in [4.78, 5) is 6.98. The van der Waals surface area contributed by atoms with Gasteiger partial charge in [0.15, 0.2) is 0 Å². The summed E-state index contributed by atoms with van der Waals surface area (Å²) in [6.45, 7) is 1.88. The van der Waals surface area contributed by atoms with Crippen LogP contribution in [0.5, 0.6) is 0 Å². The van der Waals surface area contributed by atoms with Crippen LogP contribution in [0.2, 0.25) is 0 Å². The zero-order valence-corrected chi connectivity index (χ0v) is 12.5. The van der Waals surface area contributed by atoms with Crippen molar-refractivity contribution in [2.75, 3.05) is 26.4 Å². The lowest BCUT2D eigenvalue weighted by atomic mass is 10.2. The van der Waals surface area contributed by atoms with Gasteiger partial charge in [0.25, 0.3) is 0 Å². The monoisotopic (exact) mass is 280 g/mol. The molecule has 2 N–H and O–H groups in total. The summed E-state index contributed by atoms with van der Waals surface area (Å²) in [5.74, 6) is 0.998. The van der Waals surface area contributed by atoms with Crippen molar-refractivity contribution in [3.8, 4) is 11.4 Å². The molecule has 108 valence electrons. The number of anilines is 1. The van der Waals surface area contributed by atoms with E-state index in [0.717, 1.165) is 35.7 Å². The van der Waals surface area contributed by atoms with Crippen molar-refractivity contribution in [3.05, 3.63) is 48.5 Å². The van der Waals surface area contributed by atoms with Gasteiger partial charge in [-0.3, -0.25) is 0 Å². The highest BCUT2D eigenvalue weighted by molar-refractivity contribution is 5.80. The Bertz CT molecular complexity index is 741. The van der Waals surface area contributed by atoms with Crippen molar-refractivity contribution < 1.29 is 0 Å². The summed E-state index contributed by atoms with van der Waals surface area (Å²) in [5.41, 5.74) is 9.85. The molecule has 1 aromatic heterocycles. The molecule has 0 fully saturated rings. The predicted molar refractivity (Wildman–Crippen MR) is 88.1 cm³/mol. The molecule has 0 aliphatic heterocycles. The molecule has 2 aromatic carbocycles. The average Bonchev–Trinajstić information content (AvgIpc) is 2.84. The maximum absolute atomic E-state index is 5.78. The maximum Gasteiger partial charge on any atom is 0.141 e. The SMILES string of the molecule is CN(C)CCn1c(-c2ccc(N)cc2)nc2ccccc21. The number of nitrogens with zero attached hydrogens (tertiary/aromatic N) is 3. The Morgan fingerprint density at radius 1 is 1.05 bits per heavy atom. The average molecular weight is 280 g/mol. The molecule has 0 spiro atoms. The molecule has 21 heavy (non-hydrogen) atoms. The second-order valence-corrected chi connectivity index (χ2v) is 5.50. The maximum atomic E-state index is 5.78. The number of imidazole rings is 1. The molecule has 4 heteroatoms. The van der Waals surface area contributed by atoms with E-state index < -0.39 is 0 Å². The summed E-state index contributed by atoms with van der Waals surface area (Å²) in [5, 5.41) is 0. The van der Waals surface area contributed by atoms with Gasteiger partial charge in [0.1, 0.15) is 5.82 Å². The van der Waals surface area contributed by atoms with Gasteiger partial charge in [0, 0.05) is 24.3 Å². The van der Waals surface area contributed by atoms with Gasteiger partial charge < -0.3 is 15.2 Å². The minimum atomic E-state index is 0.773. The van der Waals surface area contributed by atoms with Gasteiger partial charge in [-0.1, -0.05) is 12.1 Å². The quantitative estimate of drug-likeness (QED) is 0.748. The van der Waals surface area contributed by atoms with E-state index in [2.05, 4.69) is 41.8 Å². The first-order valence-electron chi connectivity index (χ1n) is 7.11. The Labute approximate surface area is 124 Å². The van der Waals surface area contributed by atoms with Crippen molar-refractivity contribution in [1.82, 2.24) is 14.5 Å². The Morgan fingerprint density at radius 3 is 2.48 bits per heavy atom. The number of aromatic nitrogens is 2. The molecule has 0 atom stereocenters. The summed E-state index contributed by atoms with van der Waals surface area (Å²) >= 11 is 0. The Morgan fingerprint density at radius 2 is 1.76 bits per heavy atom. The molecule has 0 amide bonds. The highest BCUT2D eigenvalue weighted by atomic mass is 15.1. The summed E-state index contributed by atoms with van der Waals surface area (Å²) in [7, 11) is 4.17. The molecule has 0 aliphatic carbocycles. The highest BCUT2D eigenvalue weighted by Gasteiger charge is 2.12. The van der Waals surface area contributed by atoms with E-state index in [1.807, 2.05) is 30.3 Å². The second-order valence-electron chi connectivity index (χ2n) is 5.50. The van der Waals surface area contributed by atoms with E-state index in [0.29, 0.717) is 0 Å². The van der Waals surface area contributed by atoms with Crippen molar-refractivity contribution in [2.24, 2.45) is 0 Å². The van der Waals surface area contributed by atoms with Gasteiger partial charge in [-0.15, -0.1) is 0 Å². The molecule has 0 bridgehead atoms. The van der Waals surface area contributed by atoms with E-state index in [9.17, 15) is 0 Å². The predicted octanol–water partition coefficient (Wildman–Crippen LogP) is 2.85. The lowest BCUT2D eigenvalue weighted by Crippen LogP contribution is -2.18. The fraction of sp³-hybridized carbons (Fsp3) is 0.235. The van der Waals surface area contributed by atoms with Crippen LogP contribution < -0.4 is 5.73 Å². The van der Waals surface area contributed by atoms with E-state index >= 15 is 0 Å². The van der Waals surface area contributed by atoms with Gasteiger partial charge in [-0.25, -0.2) is 4.98 Å². The number of likely N-dealkylation sites (N-methyl/N-ethyl adjacent to an activating group) is 1. The van der Waals surface area contributed by atoms with E-state index in [1.54, 1.807) is 0 Å². The van der Waals surface area contributed by atoms with Gasteiger partial charge in [0.2, 0.25) is 0 Å². The Hall–Kier alpha value is -2.33. The van der Waals surface area contributed by atoms with Crippen LogP contribution in [0.1, 0.15) is 0 Å². The zero-order valence-electron chi connectivity index (χ0n) is 12.5. The minimum absolute atomic E-state index is 0.773. The van der Waals surface area contributed by atoms with Crippen LogP contribution >= 0.6 is 0 Å². The molecular formula is C17H20N4. The van der Waals surface area contributed by atoms with E-state index in [-0.39, 0.29) is 0 Å². The number of hydrogen-bond acceptors (Lipinski definition) is 3. The fourth-order valence-corrected chi connectivity index (χ4v) is 2.45. The number of para-hydroxylation sites is 2. The summed E-state index contributed by atoms with van der Waals surface area (Å²) < 4.78 is 2.28. The first-order chi connectivity index (χ1) is 10.1. The topological polar surface area (TPSA) is 47.1 Å². The van der Waals surface area contributed by atoms with Crippen LogP contribution in [0.4, 0.5) is 5.69 Å². The van der Waals surface area contributed by atoms with Crippen LogP contribution in [0.25, 0.3) is 22.4 Å². The Balaban J connectivity index is 2.11. The van der Waals surface area contributed by atoms with E-state index in [4.69, 9.17) is 10.7 Å². The van der Waals surface area contributed by atoms with Crippen LogP contribution in [0, 0.1) is 0 Å². The molecule has 3 aromatic rings. The second kappa shape index (κ2) is 5.58. The van der Waals surface area contributed by atoms with Crippen molar-refractivity contribution >= 4 is 16.7 Å². The van der Waals surface area contributed by atoms with Gasteiger partial charge in [-0.05, 0) is 50.5 Å². The minimum Gasteiger partial charge on any atom is -0.399 e. The van der Waals surface area contributed by atoms with Crippen molar-refractivity contribution in [2.45, 2.75) is 6.54 Å². The lowest BCUT2D eigenvalue weighted by molar-refractivity contribution is 0.387. The number of nitrogens with two attached hydrogens (primary N) is 1. The standard InChI is InChI=1S/C17H20N4/c1-20(2)11-12-21-16-6-4-3-5-15(16)19-17(21)13-7-9-14(18)10-8-13/h3-10H,11-12,18H2,1-2H3. The summed E-state index contributed by atoms with van der Waals surface area (Å²) in [6.07, 6.45) is 0. The largest absolute Gasteiger partial charge is 0.399 e. The van der Waals surface area contributed by atoms with Gasteiger partial charge >= 0.3 is 0 Å². The third kappa shape index (κ3) is 2.76. The van der Waals surface area contributed by atoms with Gasteiger partial charge in [-0.2, -0.15) is 0 Å². The van der Waals surface area contributed by atoms with E-state index in [1.165, 1.54) is 5.52 Å². The smallest absolute Gasteiger partial charge is 0.141 e. The molecule has 1 heterocycles. The van der Waals surface area contributed by atoms with Crippen LogP contribution in [0.15, 0.2) is 48.5 Å². The van der Waals surface area contributed by atoms with Crippen molar-refractivity contribution in [1.29, 1.82) is 0 Å². The van der Waals surface area contributed by atoms with Crippen LogP contribution in [-0.4, -0.2) is 35.1 Å². The first kappa shape index (κ1) is 13.6. The molecular weight excluding hydrogens is 260 g/mol. The third-order valence-corrected chi connectivity index (χ3v) is 3.59. The highest BCUT2D eigenvalue weighted by Crippen LogP contribution is 2.25. The summed E-state index contributed by atoms with van der Waals surface area (Å²) in [6, 6.07) is 16.2. The van der Waals surface area contributed by atoms with Crippen LogP contribution in [0.3, 0.4) is 0 Å². The van der Waals surface area contributed by atoms with Gasteiger partial charge in [0.05, 0.1) is 11.0 Å². The fourth-order valence-electron chi connectivity index (χ4n) is 2.45. The molecule has 0 unspecified atom stereocenters. The first-order valence-corrected chi connectivity index (χ1v) is 7.11.